The Morgan fingerprint density at radius 1 is 1.08 bits per heavy atom. The maximum absolute atomic E-state index is 12.2. The highest BCUT2D eigenvalue weighted by Crippen LogP contribution is 2.25. The van der Waals surface area contributed by atoms with Crippen molar-refractivity contribution >= 4 is 40.9 Å². The molecule has 3 N–H and O–H groups in total. The molecule has 0 fully saturated rings. The van der Waals surface area contributed by atoms with Crippen LogP contribution in [0, 0.1) is 0 Å². The number of carbonyl (C=O) groups is 2. The smallest absolute Gasteiger partial charge is 0.316 e. The van der Waals surface area contributed by atoms with Crippen LogP contribution in [0.1, 0.15) is 10.4 Å². The topological polar surface area (TPSA) is 111 Å². The quantitative estimate of drug-likeness (QED) is 0.490. The lowest BCUT2D eigenvalue weighted by atomic mass is 10.1. The number of aromatic nitrogens is 2. The van der Waals surface area contributed by atoms with Crippen molar-refractivity contribution in [2.24, 2.45) is 5.73 Å². The number of hydrogen-bond acceptors (Lipinski definition) is 6. The molecule has 7 nitrogen and oxygen atoms in total. The number of urea groups is 1. The Kier molecular flexibility index (Phi) is 5.55. The molecule has 0 aliphatic heterocycles. The zero-order valence-corrected chi connectivity index (χ0v) is 14.9. The van der Waals surface area contributed by atoms with Gasteiger partial charge in [0.1, 0.15) is 0 Å². The molecule has 3 rings (SSSR count). The predicted octanol–water partition coefficient (Wildman–Crippen LogP) is 3.86. The first-order valence-corrected chi connectivity index (χ1v) is 8.79. The van der Waals surface area contributed by atoms with Crippen LogP contribution in [0.25, 0.3) is 11.5 Å². The van der Waals surface area contributed by atoms with Crippen molar-refractivity contribution in [3.8, 4) is 11.5 Å². The van der Waals surface area contributed by atoms with E-state index in [0.29, 0.717) is 27.4 Å². The number of amides is 2. The van der Waals surface area contributed by atoms with Crippen LogP contribution in [0.15, 0.2) is 58.2 Å². The lowest BCUT2D eigenvalue weighted by molar-refractivity contribution is 0.102. The molecule has 0 spiro atoms. The highest BCUT2D eigenvalue weighted by Gasteiger charge is 2.12. The zero-order valence-electron chi connectivity index (χ0n) is 13.3. The van der Waals surface area contributed by atoms with Gasteiger partial charge in [0.25, 0.3) is 5.22 Å². The molecular weight excluding hydrogens is 376 g/mol. The van der Waals surface area contributed by atoms with Gasteiger partial charge in [-0.2, -0.15) is 0 Å². The van der Waals surface area contributed by atoms with Crippen LogP contribution >= 0.6 is 23.4 Å². The fraction of sp³-hybridized carbons (Fsp3) is 0.0588. The highest BCUT2D eigenvalue weighted by molar-refractivity contribution is 7.99. The van der Waals surface area contributed by atoms with E-state index < -0.39 is 6.03 Å². The fourth-order valence-corrected chi connectivity index (χ4v) is 2.85. The van der Waals surface area contributed by atoms with Crippen LogP contribution in [-0.2, 0) is 0 Å². The van der Waals surface area contributed by atoms with Gasteiger partial charge in [0.2, 0.25) is 5.89 Å². The van der Waals surface area contributed by atoms with Crippen LogP contribution in [0.4, 0.5) is 10.5 Å². The van der Waals surface area contributed by atoms with Crippen LogP contribution in [0.2, 0.25) is 5.02 Å². The summed E-state index contributed by atoms with van der Waals surface area (Å²) in [4.78, 5) is 23.0. The summed E-state index contributed by atoms with van der Waals surface area (Å²) >= 11 is 7.00. The van der Waals surface area contributed by atoms with E-state index in [1.807, 2.05) is 0 Å². The van der Waals surface area contributed by atoms with Gasteiger partial charge in [-0.25, -0.2) is 4.79 Å². The van der Waals surface area contributed by atoms with Crippen molar-refractivity contribution in [1.82, 2.24) is 10.2 Å². The van der Waals surface area contributed by atoms with Gasteiger partial charge in [-0.3, -0.25) is 4.79 Å². The number of anilines is 1. The van der Waals surface area contributed by atoms with Gasteiger partial charge in [0, 0.05) is 21.8 Å². The summed E-state index contributed by atoms with van der Waals surface area (Å²) in [7, 11) is 0. The van der Waals surface area contributed by atoms with Crippen molar-refractivity contribution in [3.63, 3.8) is 0 Å². The molecule has 0 aliphatic rings. The summed E-state index contributed by atoms with van der Waals surface area (Å²) in [6.45, 7) is 0. The molecule has 0 atom stereocenters. The monoisotopic (exact) mass is 388 g/mol. The fourth-order valence-electron chi connectivity index (χ4n) is 2.07. The normalized spacial score (nSPS) is 10.5. The average Bonchev–Trinajstić information content (AvgIpc) is 3.09. The number of nitrogens with two attached hydrogens (primary N) is 1. The molecule has 0 aliphatic carbocycles. The van der Waals surface area contributed by atoms with Crippen molar-refractivity contribution < 1.29 is 14.0 Å². The van der Waals surface area contributed by atoms with Crippen molar-refractivity contribution in [3.05, 3.63) is 59.1 Å². The van der Waals surface area contributed by atoms with Crippen LogP contribution in [0.5, 0.6) is 0 Å². The average molecular weight is 389 g/mol. The molecule has 0 saturated heterocycles. The minimum Gasteiger partial charge on any atom is -0.411 e. The number of thioether (sulfide) groups is 1. The minimum atomic E-state index is -0.660. The van der Waals surface area contributed by atoms with Gasteiger partial charge >= 0.3 is 6.03 Å². The number of Topliss-reactive ketones (excluding diaryl/α,β-unsaturated/α-hetero) is 1. The summed E-state index contributed by atoms with van der Waals surface area (Å²) in [5, 5.41) is 11.2. The SMILES string of the molecule is NC(=O)Nc1ccc(C(=O)CSc2nnc(-c3ccc(Cl)cc3)o2)cc1. The van der Waals surface area contributed by atoms with Gasteiger partial charge in [-0.15, -0.1) is 10.2 Å². The van der Waals surface area contributed by atoms with Crippen molar-refractivity contribution in [2.45, 2.75) is 5.22 Å². The lowest BCUT2D eigenvalue weighted by Crippen LogP contribution is -2.19. The number of halogens is 1. The first-order valence-electron chi connectivity index (χ1n) is 7.43. The van der Waals surface area contributed by atoms with Gasteiger partial charge < -0.3 is 15.5 Å². The molecule has 2 aromatic carbocycles. The van der Waals surface area contributed by atoms with E-state index in [1.165, 1.54) is 0 Å². The standard InChI is InChI=1S/C17H13ClN4O3S/c18-12-5-1-11(2-6-12)15-21-22-17(25-15)26-9-14(23)10-3-7-13(8-4-10)20-16(19)24/h1-8H,9H2,(H3,19,20,24). The molecule has 3 aromatic rings. The first kappa shape index (κ1) is 18.0. The number of carbonyl (C=O) groups excluding carboxylic acids is 2. The second-order valence-corrected chi connectivity index (χ2v) is 6.52. The Labute approximate surface area is 157 Å². The molecule has 9 heteroatoms. The van der Waals surface area contributed by atoms with Crippen LogP contribution in [0.3, 0.4) is 0 Å². The Morgan fingerprint density at radius 3 is 2.42 bits per heavy atom. The Balaban J connectivity index is 1.59. The van der Waals surface area contributed by atoms with Crippen molar-refractivity contribution in [1.29, 1.82) is 0 Å². The van der Waals surface area contributed by atoms with E-state index in [2.05, 4.69) is 15.5 Å². The summed E-state index contributed by atoms with van der Waals surface area (Å²) in [6.07, 6.45) is 0. The second-order valence-electron chi connectivity index (χ2n) is 5.16. The summed E-state index contributed by atoms with van der Waals surface area (Å²) in [5.41, 5.74) is 6.81. The third-order valence-corrected chi connectivity index (χ3v) is 4.37. The minimum absolute atomic E-state index is 0.105. The number of ketones is 1. The van der Waals surface area contributed by atoms with Gasteiger partial charge in [-0.1, -0.05) is 23.4 Å². The van der Waals surface area contributed by atoms with E-state index in [-0.39, 0.29) is 11.5 Å². The molecule has 0 saturated carbocycles. The summed E-state index contributed by atoms with van der Waals surface area (Å²) in [5.74, 6) is 0.399. The maximum atomic E-state index is 12.2. The molecule has 1 heterocycles. The Morgan fingerprint density at radius 2 is 1.77 bits per heavy atom. The second kappa shape index (κ2) is 8.03. The van der Waals surface area contributed by atoms with Gasteiger partial charge in [0.15, 0.2) is 5.78 Å². The Bertz CT molecular complexity index is 926. The van der Waals surface area contributed by atoms with E-state index in [9.17, 15) is 9.59 Å². The predicted molar refractivity (Wildman–Crippen MR) is 99.4 cm³/mol. The van der Waals surface area contributed by atoms with Crippen LogP contribution < -0.4 is 11.1 Å². The zero-order chi connectivity index (χ0) is 18.5. The molecule has 1 aromatic heterocycles. The molecule has 26 heavy (non-hydrogen) atoms. The first-order chi connectivity index (χ1) is 12.5. The number of nitrogens with zero attached hydrogens (tertiary/aromatic N) is 2. The van der Waals surface area contributed by atoms with E-state index in [0.717, 1.165) is 17.3 Å². The number of rotatable bonds is 6. The number of benzene rings is 2. The molecule has 2 amide bonds. The van der Waals surface area contributed by atoms with Crippen molar-refractivity contribution in [2.75, 3.05) is 11.1 Å². The largest absolute Gasteiger partial charge is 0.411 e. The number of primary amides is 1. The Hall–Kier alpha value is -2.84. The maximum Gasteiger partial charge on any atom is 0.316 e. The van der Waals surface area contributed by atoms with E-state index >= 15 is 0 Å². The summed E-state index contributed by atoms with van der Waals surface area (Å²) in [6, 6.07) is 12.8. The van der Waals surface area contributed by atoms with Crippen LogP contribution in [-0.4, -0.2) is 27.8 Å². The number of nitrogens with one attached hydrogen (secondary N) is 1. The molecule has 132 valence electrons. The molecule has 0 unspecified atom stereocenters. The van der Waals surface area contributed by atoms with E-state index in [4.69, 9.17) is 21.8 Å². The summed E-state index contributed by atoms with van der Waals surface area (Å²) < 4.78 is 5.54. The lowest BCUT2D eigenvalue weighted by Gasteiger charge is -2.03. The highest BCUT2D eigenvalue weighted by atomic mass is 35.5. The van der Waals surface area contributed by atoms with E-state index in [1.54, 1.807) is 48.5 Å². The third kappa shape index (κ3) is 4.62. The van der Waals surface area contributed by atoms with Gasteiger partial charge in [0.05, 0.1) is 5.75 Å². The molecule has 0 radical (unpaired) electrons. The molecule has 0 bridgehead atoms. The van der Waals surface area contributed by atoms with Gasteiger partial charge in [-0.05, 0) is 48.5 Å². The third-order valence-electron chi connectivity index (χ3n) is 3.30. The molecular formula is C17H13ClN4O3S. The number of hydrogen-bond donors (Lipinski definition) is 2.